The van der Waals surface area contributed by atoms with E-state index < -0.39 is 17.9 Å². The van der Waals surface area contributed by atoms with Gasteiger partial charge in [0, 0.05) is 6.92 Å². The van der Waals surface area contributed by atoms with Crippen LogP contribution in [0.15, 0.2) is 30.3 Å². The summed E-state index contributed by atoms with van der Waals surface area (Å²) in [6.45, 7) is 2.96. The van der Waals surface area contributed by atoms with Gasteiger partial charge in [-0.3, -0.25) is 9.59 Å². The number of hydrogen-bond donors (Lipinski definition) is 2. The molecule has 1 aromatic carbocycles. The van der Waals surface area contributed by atoms with E-state index >= 15 is 0 Å². The van der Waals surface area contributed by atoms with Crippen LogP contribution in [0.2, 0.25) is 0 Å². The summed E-state index contributed by atoms with van der Waals surface area (Å²) in [7, 11) is 0. The van der Waals surface area contributed by atoms with Crippen LogP contribution in [0, 0.1) is 5.92 Å². The minimum Gasteiger partial charge on any atom is -0.481 e. The predicted octanol–water partition coefficient (Wildman–Crippen LogP) is 1.58. The van der Waals surface area contributed by atoms with E-state index in [2.05, 4.69) is 5.32 Å². The van der Waals surface area contributed by atoms with Crippen molar-refractivity contribution in [3.63, 3.8) is 0 Å². The summed E-state index contributed by atoms with van der Waals surface area (Å²) in [5, 5.41) is 11.6. The first kappa shape index (κ1) is 12.2. The van der Waals surface area contributed by atoms with Crippen LogP contribution in [-0.4, -0.2) is 17.0 Å². The molecule has 0 aliphatic carbocycles. The van der Waals surface area contributed by atoms with Gasteiger partial charge in [0.15, 0.2) is 0 Å². The van der Waals surface area contributed by atoms with Crippen LogP contribution in [0.4, 0.5) is 0 Å². The van der Waals surface area contributed by atoms with Gasteiger partial charge in [0.1, 0.15) is 0 Å². The summed E-state index contributed by atoms with van der Waals surface area (Å²) in [5.41, 5.74) is 0.799. The number of hydrogen-bond acceptors (Lipinski definition) is 2. The number of carbonyl (C=O) groups is 2. The molecule has 2 N–H and O–H groups in total. The van der Waals surface area contributed by atoms with Crippen molar-refractivity contribution in [3.05, 3.63) is 35.9 Å². The zero-order valence-electron chi connectivity index (χ0n) is 9.31. The topological polar surface area (TPSA) is 66.4 Å². The van der Waals surface area contributed by atoms with Gasteiger partial charge in [0.25, 0.3) is 0 Å². The minimum atomic E-state index is -0.928. The Morgan fingerprint density at radius 2 is 1.81 bits per heavy atom. The Hall–Kier alpha value is -1.84. The van der Waals surface area contributed by atoms with Crippen LogP contribution in [0.5, 0.6) is 0 Å². The van der Waals surface area contributed by atoms with Crippen LogP contribution >= 0.6 is 0 Å². The number of benzene rings is 1. The molecule has 4 heteroatoms. The molecule has 0 spiro atoms. The number of amides is 1. The fourth-order valence-corrected chi connectivity index (χ4v) is 1.52. The Bertz CT molecular complexity index is 375. The number of aliphatic carboxylic acids is 1. The van der Waals surface area contributed by atoms with Crippen LogP contribution in [0.25, 0.3) is 0 Å². The van der Waals surface area contributed by atoms with E-state index in [-0.39, 0.29) is 5.91 Å². The van der Waals surface area contributed by atoms with Crippen LogP contribution in [-0.2, 0) is 9.59 Å². The van der Waals surface area contributed by atoms with Gasteiger partial charge in [0.05, 0.1) is 12.0 Å². The molecule has 0 aliphatic heterocycles. The average molecular weight is 221 g/mol. The van der Waals surface area contributed by atoms with Gasteiger partial charge < -0.3 is 10.4 Å². The molecule has 0 radical (unpaired) electrons. The van der Waals surface area contributed by atoms with Crippen LogP contribution in [0.1, 0.15) is 25.5 Å². The maximum absolute atomic E-state index is 11.1. The molecule has 0 fully saturated rings. The van der Waals surface area contributed by atoms with Gasteiger partial charge in [0.2, 0.25) is 5.91 Å². The predicted molar refractivity (Wildman–Crippen MR) is 59.8 cm³/mol. The second kappa shape index (κ2) is 5.30. The number of carboxylic acids is 1. The van der Waals surface area contributed by atoms with Gasteiger partial charge in [-0.2, -0.15) is 0 Å². The maximum Gasteiger partial charge on any atom is 0.308 e. The standard InChI is InChI=1S/C12H15NO3/c1-8(12(15)16)11(13-9(2)14)10-6-4-3-5-7-10/h3-8,11H,1-2H3,(H,13,14)(H,15,16). The van der Waals surface area contributed by atoms with E-state index in [1.165, 1.54) is 6.92 Å². The fraction of sp³-hybridized carbons (Fsp3) is 0.333. The Kier molecular flexibility index (Phi) is 4.05. The van der Waals surface area contributed by atoms with Crippen molar-refractivity contribution >= 4 is 11.9 Å². The van der Waals surface area contributed by atoms with Gasteiger partial charge in [-0.1, -0.05) is 30.3 Å². The molecule has 1 aromatic rings. The molecule has 0 bridgehead atoms. The second-order valence-electron chi connectivity index (χ2n) is 3.72. The van der Waals surface area contributed by atoms with Crippen molar-refractivity contribution < 1.29 is 14.7 Å². The van der Waals surface area contributed by atoms with Crippen molar-refractivity contribution in [1.29, 1.82) is 0 Å². The number of nitrogens with one attached hydrogen (secondary N) is 1. The summed E-state index contributed by atoms with van der Waals surface area (Å²) in [6, 6.07) is 8.60. The monoisotopic (exact) mass is 221 g/mol. The van der Waals surface area contributed by atoms with Gasteiger partial charge in [-0.15, -0.1) is 0 Å². The Morgan fingerprint density at radius 1 is 1.25 bits per heavy atom. The number of carboxylic acid groups (broad SMARTS) is 1. The largest absolute Gasteiger partial charge is 0.481 e. The van der Waals surface area contributed by atoms with Crippen LogP contribution < -0.4 is 5.32 Å². The van der Waals surface area contributed by atoms with E-state index in [1.54, 1.807) is 19.1 Å². The lowest BCUT2D eigenvalue weighted by atomic mass is 9.94. The maximum atomic E-state index is 11.1. The molecule has 2 unspecified atom stereocenters. The first-order valence-electron chi connectivity index (χ1n) is 5.07. The number of carbonyl (C=O) groups excluding carboxylic acids is 1. The first-order valence-corrected chi connectivity index (χ1v) is 5.07. The fourth-order valence-electron chi connectivity index (χ4n) is 1.52. The van der Waals surface area contributed by atoms with E-state index in [1.807, 2.05) is 18.2 Å². The third-order valence-corrected chi connectivity index (χ3v) is 2.41. The second-order valence-corrected chi connectivity index (χ2v) is 3.72. The van der Waals surface area contributed by atoms with E-state index in [0.29, 0.717) is 0 Å². The minimum absolute atomic E-state index is 0.234. The van der Waals surface area contributed by atoms with Crippen molar-refractivity contribution in [2.24, 2.45) is 5.92 Å². The molecule has 16 heavy (non-hydrogen) atoms. The zero-order valence-corrected chi connectivity index (χ0v) is 9.31. The highest BCUT2D eigenvalue weighted by Crippen LogP contribution is 2.21. The lowest BCUT2D eigenvalue weighted by molar-refractivity contribution is -0.142. The van der Waals surface area contributed by atoms with Gasteiger partial charge >= 0.3 is 5.97 Å². The highest BCUT2D eigenvalue weighted by molar-refractivity contribution is 5.76. The molecule has 1 amide bonds. The van der Waals surface area contributed by atoms with Crippen molar-refractivity contribution in [2.75, 3.05) is 0 Å². The molecule has 0 saturated carbocycles. The van der Waals surface area contributed by atoms with Crippen molar-refractivity contribution in [2.45, 2.75) is 19.9 Å². The lowest BCUT2D eigenvalue weighted by Crippen LogP contribution is -2.34. The Labute approximate surface area is 94.3 Å². The highest BCUT2D eigenvalue weighted by Gasteiger charge is 2.25. The molecule has 0 saturated heterocycles. The molecule has 1 rings (SSSR count). The van der Waals surface area contributed by atoms with E-state index in [9.17, 15) is 9.59 Å². The smallest absolute Gasteiger partial charge is 0.308 e. The molecular weight excluding hydrogens is 206 g/mol. The Morgan fingerprint density at radius 3 is 2.25 bits per heavy atom. The number of rotatable bonds is 4. The van der Waals surface area contributed by atoms with E-state index in [0.717, 1.165) is 5.56 Å². The molecule has 2 atom stereocenters. The highest BCUT2D eigenvalue weighted by atomic mass is 16.4. The molecular formula is C12H15NO3. The SMILES string of the molecule is CC(=O)NC(c1ccccc1)C(C)C(=O)O. The zero-order chi connectivity index (χ0) is 12.1. The lowest BCUT2D eigenvalue weighted by Gasteiger charge is -2.22. The summed E-state index contributed by atoms with van der Waals surface area (Å²) >= 11 is 0. The van der Waals surface area contributed by atoms with Gasteiger partial charge in [-0.05, 0) is 12.5 Å². The summed E-state index contributed by atoms with van der Waals surface area (Å²) in [6.07, 6.45) is 0. The molecule has 0 heterocycles. The Balaban J connectivity index is 2.96. The van der Waals surface area contributed by atoms with E-state index in [4.69, 9.17) is 5.11 Å². The summed E-state index contributed by atoms with van der Waals surface area (Å²) < 4.78 is 0. The van der Waals surface area contributed by atoms with Gasteiger partial charge in [-0.25, -0.2) is 0 Å². The third-order valence-electron chi connectivity index (χ3n) is 2.41. The van der Waals surface area contributed by atoms with Crippen LogP contribution in [0.3, 0.4) is 0 Å². The molecule has 86 valence electrons. The molecule has 0 aromatic heterocycles. The van der Waals surface area contributed by atoms with Crippen molar-refractivity contribution in [3.8, 4) is 0 Å². The normalized spacial score (nSPS) is 13.9. The summed E-state index contributed by atoms with van der Waals surface area (Å²) in [5.74, 6) is -1.82. The molecule has 4 nitrogen and oxygen atoms in total. The average Bonchev–Trinajstić information content (AvgIpc) is 2.26. The third kappa shape index (κ3) is 3.08. The quantitative estimate of drug-likeness (QED) is 0.811. The first-order chi connectivity index (χ1) is 7.52. The molecule has 0 aliphatic rings. The van der Waals surface area contributed by atoms with Crippen molar-refractivity contribution in [1.82, 2.24) is 5.32 Å². The summed E-state index contributed by atoms with van der Waals surface area (Å²) in [4.78, 5) is 22.0.